The summed E-state index contributed by atoms with van der Waals surface area (Å²) in [6.45, 7) is 9.51. The summed E-state index contributed by atoms with van der Waals surface area (Å²) < 4.78 is 22.4. The van der Waals surface area contributed by atoms with E-state index in [4.69, 9.17) is 9.05 Å². The average Bonchev–Trinajstić information content (AvgIpc) is 2.40. The average molecular weight is 322 g/mol. The molecule has 1 rings (SSSR count). The van der Waals surface area contributed by atoms with Gasteiger partial charge in [-0.3, -0.25) is 4.57 Å². The van der Waals surface area contributed by atoms with E-state index in [9.17, 15) is 4.57 Å². The van der Waals surface area contributed by atoms with Gasteiger partial charge < -0.3 is 9.05 Å². The van der Waals surface area contributed by atoms with Gasteiger partial charge in [-0.25, -0.2) is 0 Å². The smallest absolute Gasteiger partial charge is 0.312 e. The minimum Gasteiger partial charge on any atom is -0.312 e. The fourth-order valence-corrected chi connectivity index (χ4v) is 8.82. The van der Waals surface area contributed by atoms with E-state index in [0.29, 0.717) is 12.1 Å². The molecule has 1 saturated carbocycles. The molecular formula is C15H32O3P2. The fourth-order valence-electron chi connectivity index (χ4n) is 3.60. The van der Waals surface area contributed by atoms with Gasteiger partial charge in [0.05, 0.1) is 6.16 Å². The Morgan fingerprint density at radius 3 is 1.80 bits per heavy atom. The minimum atomic E-state index is -2.83. The van der Waals surface area contributed by atoms with Crippen LogP contribution < -0.4 is 0 Å². The van der Waals surface area contributed by atoms with Crippen molar-refractivity contribution >= 4 is 15.5 Å². The Kier molecular flexibility index (Phi) is 7.71. The van der Waals surface area contributed by atoms with Gasteiger partial charge in [0.1, 0.15) is 0 Å². The lowest BCUT2D eigenvalue weighted by atomic mass is 9.90. The van der Waals surface area contributed by atoms with Crippen LogP contribution in [0, 0.1) is 5.92 Å². The van der Waals surface area contributed by atoms with Crippen molar-refractivity contribution < 1.29 is 13.6 Å². The molecule has 0 aromatic carbocycles. The monoisotopic (exact) mass is 322 g/mol. The molecule has 0 spiro atoms. The topological polar surface area (TPSA) is 35.5 Å². The maximum absolute atomic E-state index is 12.2. The lowest BCUT2D eigenvalue weighted by molar-refractivity contribution is 0.262. The zero-order valence-corrected chi connectivity index (χ0v) is 15.8. The Hall–Kier alpha value is 0.580. The molecule has 0 saturated heterocycles. The number of hydrogen-bond acceptors (Lipinski definition) is 3. The van der Waals surface area contributed by atoms with Crippen molar-refractivity contribution in [3.8, 4) is 0 Å². The molecule has 3 nitrogen and oxygen atoms in total. The van der Waals surface area contributed by atoms with E-state index in [0.717, 1.165) is 17.0 Å². The van der Waals surface area contributed by atoms with Crippen LogP contribution >= 0.6 is 15.5 Å². The van der Waals surface area contributed by atoms with E-state index in [1.165, 1.54) is 39.9 Å². The highest BCUT2D eigenvalue weighted by molar-refractivity contribution is 7.59. The fraction of sp³-hybridized carbons (Fsp3) is 1.00. The van der Waals surface area contributed by atoms with Crippen LogP contribution in [0.4, 0.5) is 0 Å². The van der Waals surface area contributed by atoms with Gasteiger partial charge in [0.2, 0.25) is 0 Å². The third-order valence-electron chi connectivity index (χ3n) is 4.47. The molecule has 1 fully saturated rings. The summed E-state index contributed by atoms with van der Waals surface area (Å²) in [4.78, 5) is 0. The molecule has 0 heterocycles. The summed E-state index contributed by atoms with van der Waals surface area (Å²) in [7, 11) is 0.272. The second-order valence-electron chi connectivity index (χ2n) is 6.47. The third kappa shape index (κ3) is 5.09. The minimum absolute atomic E-state index is 0.112. The first-order chi connectivity index (χ1) is 9.33. The molecule has 0 N–H and O–H groups in total. The van der Waals surface area contributed by atoms with Crippen molar-refractivity contribution in [3.05, 3.63) is 0 Å². The van der Waals surface area contributed by atoms with Crippen LogP contribution in [0.1, 0.15) is 53.4 Å². The maximum atomic E-state index is 12.2. The molecule has 5 heteroatoms. The Labute approximate surface area is 126 Å². The van der Waals surface area contributed by atoms with Crippen LogP contribution in [0.2, 0.25) is 0 Å². The summed E-state index contributed by atoms with van der Waals surface area (Å²) in [5.74, 6) is 0.508. The first-order valence-corrected chi connectivity index (χ1v) is 11.1. The summed E-state index contributed by atoms with van der Waals surface area (Å²) in [6.07, 6.45) is 5.54. The first-order valence-electron chi connectivity index (χ1n) is 7.81. The summed E-state index contributed by atoms with van der Waals surface area (Å²) in [6, 6.07) is 0. The lowest BCUT2D eigenvalue weighted by Crippen LogP contribution is -2.24. The second kappa shape index (κ2) is 8.28. The lowest BCUT2D eigenvalue weighted by Gasteiger charge is -2.39. The zero-order valence-electron chi connectivity index (χ0n) is 14.0. The van der Waals surface area contributed by atoms with E-state index in [1.807, 2.05) is 0 Å². The van der Waals surface area contributed by atoms with Gasteiger partial charge in [0.25, 0.3) is 0 Å². The molecule has 0 aliphatic heterocycles. The van der Waals surface area contributed by atoms with E-state index >= 15 is 0 Å². The van der Waals surface area contributed by atoms with Gasteiger partial charge >= 0.3 is 7.60 Å². The first kappa shape index (κ1) is 18.6. The molecule has 0 aromatic heterocycles. The molecule has 1 aliphatic carbocycles. The number of hydrogen-bond donors (Lipinski definition) is 0. The van der Waals surface area contributed by atoms with Crippen molar-refractivity contribution in [3.63, 3.8) is 0 Å². The van der Waals surface area contributed by atoms with Gasteiger partial charge in [0, 0.05) is 14.2 Å². The SMILES string of the molecule is COP(=O)(CC1CCC(P(C(C)C)C(C)C)CC1)OC. The molecule has 20 heavy (non-hydrogen) atoms. The van der Waals surface area contributed by atoms with Crippen molar-refractivity contribution in [2.75, 3.05) is 20.4 Å². The summed E-state index contributed by atoms with van der Waals surface area (Å²) in [5, 5.41) is 0. The van der Waals surface area contributed by atoms with Gasteiger partial charge in [-0.2, -0.15) is 0 Å². The highest BCUT2D eigenvalue weighted by Crippen LogP contribution is 2.57. The van der Waals surface area contributed by atoms with Crippen molar-refractivity contribution in [1.82, 2.24) is 0 Å². The Bertz CT molecular complexity index is 307. The molecule has 0 bridgehead atoms. The van der Waals surface area contributed by atoms with Crippen molar-refractivity contribution in [1.29, 1.82) is 0 Å². The van der Waals surface area contributed by atoms with Gasteiger partial charge in [0.15, 0.2) is 0 Å². The van der Waals surface area contributed by atoms with Crippen LogP contribution in [0.15, 0.2) is 0 Å². The molecule has 0 unspecified atom stereocenters. The molecule has 0 aromatic rings. The van der Waals surface area contributed by atoms with Crippen molar-refractivity contribution in [2.45, 2.75) is 70.4 Å². The summed E-state index contributed by atoms with van der Waals surface area (Å²) in [5.41, 5.74) is 2.52. The normalized spacial score (nSPS) is 24.9. The zero-order chi connectivity index (χ0) is 15.3. The molecule has 1 aliphatic rings. The van der Waals surface area contributed by atoms with Crippen LogP contribution in [0.5, 0.6) is 0 Å². The molecule has 0 atom stereocenters. The maximum Gasteiger partial charge on any atom is 0.330 e. The molecule has 0 radical (unpaired) electrons. The predicted octanol–water partition coefficient (Wildman–Crippen LogP) is 5.33. The highest BCUT2D eigenvalue weighted by Gasteiger charge is 2.34. The Morgan fingerprint density at radius 2 is 1.45 bits per heavy atom. The Balaban J connectivity index is 2.53. The van der Waals surface area contributed by atoms with E-state index in [2.05, 4.69) is 27.7 Å². The molecular weight excluding hydrogens is 290 g/mol. The second-order valence-corrected chi connectivity index (χ2v) is 12.5. The third-order valence-corrected chi connectivity index (χ3v) is 10.3. The number of rotatable bonds is 7. The van der Waals surface area contributed by atoms with Crippen LogP contribution in [-0.2, 0) is 13.6 Å². The molecule has 0 amide bonds. The highest BCUT2D eigenvalue weighted by atomic mass is 31.2. The largest absolute Gasteiger partial charge is 0.330 e. The van der Waals surface area contributed by atoms with Crippen LogP contribution in [0.25, 0.3) is 0 Å². The van der Waals surface area contributed by atoms with Crippen molar-refractivity contribution in [2.24, 2.45) is 5.92 Å². The van der Waals surface area contributed by atoms with E-state index in [-0.39, 0.29) is 7.92 Å². The predicted molar refractivity (Wildman–Crippen MR) is 89.4 cm³/mol. The molecule has 120 valence electrons. The standard InChI is InChI=1S/C15H32O3P2/c1-12(2)19(13(3)4)15-9-7-14(8-10-15)11-20(16,17-5)18-6/h12-15H,7-11H2,1-6H3. The van der Waals surface area contributed by atoms with E-state index < -0.39 is 7.60 Å². The van der Waals surface area contributed by atoms with Gasteiger partial charge in [-0.05, 0) is 48.6 Å². The van der Waals surface area contributed by atoms with Gasteiger partial charge in [-0.1, -0.05) is 35.6 Å². The Morgan fingerprint density at radius 1 is 1.00 bits per heavy atom. The van der Waals surface area contributed by atoms with E-state index in [1.54, 1.807) is 0 Å². The van der Waals surface area contributed by atoms with Crippen LogP contribution in [0.3, 0.4) is 0 Å². The quantitative estimate of drug-likeness (QED) is 0.594. The van der Waals surface area contributed by atoms with Crippen LogP contribution in [-0.4, -0.2) is 37.4 Å². The van der Waals surface area contributed by atoms with Gasteiger partial charge in [-0.15, -0.1) is 0 Å². The summed E-state index contributed by atoms with van der Waals surface area (Å²) >= 11 is 0.